The van der Waals surface area contributed by atoms with Crippen LogP contribution in [0, 0.1) is 0 Å². The maximum atomic E-state index is 13.1. The smallest absolute Gasteiger partial charge is 0.230 e. The lowest BCUT2D eigenvalue weighted by molar-refractivity contribution is -0.126. The van der Waals surface area contributed by atoms with Gasteiger partial charge in [-0.3, -0.25) is 9.69 Å². The predicted octanol–water partition coefficient (Wildman–Crippen LogP) is 3.07. The molecule has 0 bridgehead atoms. The lowest BCUT2D eigenvalue weighted by atomic mass is 9.77. The van der Waals surface area contributed by atoms with Crippen LogP contribution in [-0.2, 0) is 10.2 Å². The lowest BCUT2D eigenvalue weighted by Crippen LogP contribution is -2.48. The minimum Gasteiger partial charge on any atom is -0.354 e. The van der Waals surface area contributed by atoms with Crippen molar-refractivity contribution in [3.63, 3.8) is 0 Å². The molecule has 1 saturated carbocycles. The van der Waals surface area contributed by atoms with Crippen LogP contribution >= 0.6 is 12.4 Å². The zero-order valence-electron chi connectivity index (χ0n) is 16.2. The Kier molecular flexibility index (Phi) is 7.93. The van der Waals surface area contributed by atoms with Gasteiger partial charge >= 0.3 is 0 Å². The molecule has 26 heavy (non-hydrogen) atoms. The molecule has 1 amide bonds. The summed E-state index contributed by atoms with van der Waals surface area (Å²) in [6.45, 7) is 10.4. The topological polar surface area (TPSA) is 44.4 Å². The Morgan fingerprint density at radius 2 is 1.77 bits per heavy atom. The van der Waals surface area contributed by atoms with Gasteiger partial charge in [0.1, 0.15) is 0 Å². The zero-order valence-corrected chi connectivity index (χ0v) is 17.0. The van der Waals surface area contributed by atoms with Crippen LogP contribution in [0.15, 0.2) is 24.3 Å². The van der Waals surface area contributed by atoms with E-state index in [0.717, 1.165) is 65.0 Å². The second-order valence-electron chi connectivity index (χ2n) is 7.91. The number of nitrogens with one attached hydrogen (secondary N) is 2. The van der Waals surface area contributed by atoms with E-state index in [1.54, 1.807) is 0 Å². The second kappa shape index (κ2) is 9.72. The van der Waals surface area contributed by atoms with Gasteiger partial charge in [-0.15, -0.1) is 12.4 Å². The molecule has 5 heteroatoms. The monoisotopic (exact) mass is 379 g/mol. The fraction of sp³-hybridized carbons (Fsp3) is 0.667. The quantitative estimate of drug-likeness (QED) is 0.798. The summed E-state index contributed by atoms with van der Waals surface area (Å²) in [5.74, 6) is 0.763. The molecule has 3 rings (SSSR count). The summed E-state index contributed by atoms with van der Waals surface area (Å²) in [4.78, 5) is 15.5. The standard InChI is InChI=1S/C21H33N3O.ClH/c1-17(2)18-5-7-19(8-6-18)21(9-3-4-10-21)20(25)23-13-16-24-14-11-22-12-15-24;/h5-8,17,22H,3-4,9-16H2,1-2H3,(H,23,25);1H. The molecule has 1 aromatic rings. The first-order valence-corrected chi connectivity index (χ1v) is 9.94. The Labute approximate surface area is 164 Å². The maximum absolute atomic E-state index is 13.1. The number of hydrogen-bond donors (Lipinski definition) is 2. The lowest BCUT2D eigenvalue weighted by Gasteiger charge is -2.30. The van der Waals surface area contributed by atoms with E-state index >= 15 is 0 Å². The van der Waals surface area contributed by atoms with Crippen molar-refractivity contribution in [1.29, 1.82) is 0 Å². The van der Waals surface area contributed by atoms with Gasteiger partial charge in [0.15, 0.2) is 0 Å². The minimum atomic E-state index is -0.307. The highest BCUT2D eigenvalue weighted by Gasteiger charge is 2.42. The number of piperazine rings is 1. The van der Waals surface area contributed by atoms with Gasteiger partial charge in [0.2, 0.25) is 5.91 Å². The average molecular weight is 380 g/mol. The average Bonchev–Trinajstić information content (AvgIpc) is 3.14. The number of rotatable bonds is 6. The molecule has 2 fully saturated rings. The highest BCUT2D eigenvalue weighted by atomic mass is 35.5. The number of amides is 1. The SMILES string of the molecule is CC(C)c1ccc(C2(C(=O)NCCN3CCNCC3)CCCC2)cc1.Cl. The highest BCUT2D eigenvalue weighted by Crippen LogP contribution is 2.41. The first kappa shape index (κ1) is 21.2. The van der Waals surface area contributed by atoms with Crippen LogP contribution in [0.2, 0.25) is 0 Å². The van der Waals surface area contributed by atoms with Gasteiger partial charge in [-0.1, -0.05) is 51.0 Å². The van der Waals surface area contributed by atoms with Crippen LogP contribution in [-0.4, -0.2) is 50.1 Å². The highest BCUT2D eigenvalue weighted by molar-refractivity contribution is 5.88. The summed E-state index contributed by atoms with van der Waals surface area (Å²) in [6, 6.07) is 8.79. The van der Waals surface area contributed by atoms with Crippen molar-refractivity contribution in [2.75, 3.05) is 39.3 Å². The van der Waals surface area contributed by atoms with Crippen LogP contribution in [0.25, 0.3) is 0 Å². The van der Waals surface area contributed by atoms with E-state index in [4.69, 9.17) is 0 Å². The van der Waals surface area contributed by atoms with E-state index in [1.165, 1.54) is 11.1 Å². The Morgan fingerprint density at radius 3 is 2.35 bits per heavy atom. The van der Waals surface area contributed by atoms with Crippen LogP contribution in [0.5, 0.6) is 0 Å². The van der Waals surface area contributed by atoms with Crippen molar-refractivity contribution in [3.05, 3.63) is 35.4 Å². The van der Waals surface area contributed by atoms with E-state index in [1.807, 2.05) is 0 Å². The van der Waals surface area contributed by atoms with Crippen LogP contribution < -0.4 is 10.6 Å². The van der Waals surface area contributed by atoms with Crippen molar-refractivity contribution in [2.24, 2.45) is 0 Å². The number of benzene rings is 1. The molecule has 0 aromatic heterocycles. The molecular formula is C21H34ClN3O. The van der Waals surface area contributed by atoms with Gasteiger partial charge in [-0.25, -0.2) is 0 Å². The molecule has 0 unspecified atom stereocenters. The van der Waals surface area contributed by atoms with Gasteiger partial charge in [-0.2, -0.15) is 0 Å². The molecular weight excluding hydrogens is 346 g/mol. The number of nitrogens with zero attached hydrogens (tertiary/aromatic N) is 1. The fourth-order valence-corrected chi connectivity index (χ4v) is 4.24. The Morgan fingerprint density at radius 1 is 1.15 bits per heavy atom. The van der Waals surface area contributed by atoms with E-state index in [9.17, 15) is 4.79 Å². The van der Waals surface area contributed by atoms with E-state index in [0.29, 0.717) is 5.92 Å². The molecule has 2 N–H and O–H groups in total. The number of halogens is 1. The van der Waals surface area contributed by atoms with Crippen molar-refractivity contribution in [1.82, 2.24) is 15.5 Å². The van der Waals surface area contributed by atoms with Crippen molar-refractivity contribution >= 4 is 18.3 Å². The van der Waals surface area contributed by atoms with Crippen LogP contribution in [0.1, 0.15) is 56.6 Å². The minimum absolute atomic E-state index is 0. The van der Waals surface area contributed by atoms with Gasteiger partial charge in [-0.05, 0) is 29.9 Å². The zero-order chi connectivity index (χ0) is 17.7. The number of carbonyl (C=O) groups is 1. The van der Waals surface area contributed by atoms with E-state index in [2.05, 4.69) is 53.6 Å². The summed E-state index contributed by atoms with van der Waals surface area (Å²) in [5.41, 5.74) is 2.24. The van der Waals surface area contributed by atoms with Gasteiger partial charge < -0.3 is 10.6 Å². The summed E-state index contributed by atoms with van der Waals surface area (Å²) in [5, 5.41) is 6.62. The first-order valence-electron chi connectivity index (χ1n) is 9.94. The largest absolute Gasteiger partial charge is 0.354 e. The Balaban J connectivity index is 0.00000243. The van der Waals surface area contributed by atoms with Gasteiger partial charge in [0, 0.05) is 39.3 Å². The summed E-state index contributed by atoms with van der Waals surface area (Å²) in [7, 11) is 0. The number of hydrogen-bond acceptors (Lipinski definition) is 3. The summed E-state index contributed by atoms with van der Waals surface area (Å²) in [6.07, 6.45) is 4.26. The molecule has 1 aliphatic carbocycles. The van der Waals surface area contributed by atoms with Gasteiger partial charge in [0.05, 0.1) is 5.41 Å². The normalized spacial score (nSPS) is 20.0. The molecule has 1 heterocycles. The first-order chi connectivity index (χ1) is 12.1. The van der Waals surface area contributed by atoms with E-state index in [-0.39, 0.29) is 23.7 Å². The Hall–Kier alpha value is -1.10. The third-order valence-corrected chi connectivity index (χ3v) is 5.94. The van der Waals surface area contributed by atoms with Crippen molar-refractivity contribution in [3.8, 4) is 0 Å². The molecule has 1 saturated heterocycles. The molecule has 146 valence electrons. The molecule has 0 radical (unpaired) electrons. The summed E-state index contributed by atoms with van der Waals surface area (Å²) >= 11 is 0. The molecule has 0 spiro atoms. The molecule has 0 atom stereocenters. The summed E-state index contributed by atoms with van der Waals surface area (Å²) < 4.78 is 0. The third kappa shape index (κ3) is 4.79. The predicted molar refractivity (Wildman–Crippen MR) is 110 cm³/mol. The molecule has 1 aliphatic heterocycles. The molecule has 1 aromatic carbocycles. The van der Waals surface area contributed by atoms with Crippen molar-refractivity contribution < 1.29 is 4.79 Å². The van der Waals surface area contributed by atoms with Crippen LogP contribution in [0.3, 0.4) is 0 Å². The number of carbonyl (C=O) groups excluding carboxylic acids is 1. The van der Waals surface area contributed by atoms with Crippen molar-refractivity contribution in [2.45, 2.75) is 50.9 Å². The molecule has 4 nitrogen and oxygen atoms in total. The molecule has 2 aliphatic rings. The fourth-order valence-electron chi connectivity index (χ4n) is 4.24. The maximum Gasteiger partial charge on any atom is 0.230 e. The van der Waals surface area contributed by atoms with E-state index < -0.39 is 0 Å². The third-order valence-electron chi connectivity index (χ3n) is 5.94. The van der Waals surface area contributed by atoms with Gasteiger partial charge in [0.25, 0.3) is 0 Å². The van der Waals surface area contributed by atoms with Crippen LogP contribution in [0.4, 0.5) is 0 Å². The second-order valence-corrected chi connectivity index (χ2v) is 7.91. The Bertz CT molecular complexity index is 561.